The molecule has 4 heterocycles. The molecular weight excluding hydrogens is 1780 g/mol. The maximum atomic E-state index is 11.5. The van der Waals surface area contributed by atoms with Crippen molar-refractivity contribution in [2.24, 2.45) is 21.7 Å². The summed E-state index contributed by atoms with van der Waals surface area (Å²) in [6.45, 7) is 48.1. The minimum Gasteiger partial charge on any atom is -0.512 e. The van der Waals surface area contributed by atoms with Gasteiger partial charge in [0, 0.05) is 122 Å². The first-order chi connectivity index (χ1) is 53.6. The predicted molar refractivity (Wildman–Crippen MR) is 474 cm³/mol. The summed E-state index contributed by atoms with van der Waals surface area (Å²) in [7, 11) is 0. The van der Waals surface area contributed by atoms with Crippen molar-refractivity contribution in [3.05, 3.63) is 297 Å². The summed E-state index contributed by atoms with van der Waals surface area (Å²) in [6, 6.07) is 70.3. The Morgan fingerprint density at radius 2 is 0.784 bits per heavy atom. The van der Waals surface area contributed by atoms with Crippen molar-refractivity contribution < 1.29 is 60.3 Å². The van der Waals surface area contributed by atoms with Gasteiger partial charge in [0.15, 0.2) is 5.78 Å². The molecule has 9 aromatic carbocycles. The van der Waals surface area contributed by atoms with E-state index in [-0.39, 0.29) is 68.0 Å². The van der Waals surface area contributed by atoms with Gasteiger partial charge in [-0.2, -0.15) is 5.26 Å². The van der Waals surface area contributed by atoms with Crippen LogP contribution in [0, 0.1) is 128 Å². The molecule has 0 aliphatic carbocycles. The molecule has 3 N–H and O–H groups in total. The van der Waals surface area contributed by atoms with Crippen molar-refractivity contribution in [1.82, 2.24) is 29.9 Å². The van der Waals surface area contributed by atoms with Gasteiger partial charge in [-0.25, -0.2) is 0 Å². The fourth-order valence-electron chi connectivity index (χ4n) is 13.8. The smallest absolute Gasteiger partial charge is 0.164 e. The monoisotopic (exact) mass is 1900 g/mol. The van der Waals surface area contributed by atoms with E-state index in [1.165, 1.54) is 72.8 Å². The summed E-state index contributed by atoms with van der Waals surface area (Å²) < 4.78 is 0. The normalized spacial score (nSPS) is 12.0. The van der Waals surface area contributed by atoms with Crippen LogP contribution in [0.4, 0.5) is 0 Å². The zero-order chi connectivity index (χ0) is 83.5. The molecule has 2 unspecified atom stereocenters. The molecule has 13 aromatic rings. The van der Waals surface area contributed by atoms with Gasteiger partial charge in [0.2, 0.25) is 0 Å². The van der Waals surface area contributed by atoms with E-state index in [1.807, 2.05) is 146 Å². The van der Waals surface area contributed by atoms with Crippen molar-refractivity contribution >= 4 is 27.6 Å². The number of rotatable bonds is 11. The molecule has 0 spiro atoms. The number of ketones is 1. The molecule has 0 fully saturated rings. The summed E-state index contributed by atoms with van der Waals surface area (Å²) in [5.74, 6) is 0.104. The van der Waals surface area contributed by atoms with Gasteiger partial charge in [0.25, 0.3) is 0 Å². The molecule has 13 rings (SSSR count). The summed E-state index contributed by atoms with van der Waals surface area (Å²) in [6.07, 6.45) is 8.40. The number of carbonyl (C=O) groups is 1. The van der Waals surface area contributed by atoms with Crippen molar-refractivity contribution in [2.45, 2.75) is 185 Å². The van der Waals surface area contributed by atoms with Crippen LogP contribution in [0.1, 0.15) is 162 Å². The Morgan fingerprint density at radius 1 is 0.422 bits per heavy atom. The number of fused-ring (bicyclic) bond motifs is 3. The van der Waals surface area contributed by atoms with Crippen LogP contribution in [0.15, 0.2) is 213 Å². The second kappa shape index (κ2) is 39.7. The van der Waals surface area contributed by atoms with E-state index in [4.69, 9.17) is 19.9 Å². The Labute approximate surface area is 717 Å². The maximum Gasteiger partial charge on any atom is 0.164 e. The molecule has 0 saturated heterocycles. The number of nitrogens with zero attached hydrogens (tertiary/aromatic N) is 7. The van der Waals surface area contributed by atoms with Crippen molar-refractivity contribution in [2.75, 3.05) is 0 Å². The largest absolute Gasteiger partial charge is 0.512 e. The molecule has 2 atom stereocenters. The average molecular weight is 1900 g/mol. The van der Waals surface area contributed by atoms with Crippen LogP contribution in [0.3, 0.4) is 0 Å². The summed E-state index contributed by atoms with van der Waals surface area (Å²) in [4.78, 5) is 41.0. The van der Waals surface area contributed by atoms with Crippen molar-refractivity contribution in [1.29, 1.82) is 5.26 Å². The first-order valence-corrected chi connectivity index (χ1v) is 39.2. The number of pyridine rings is 2. The fraction of sp³-hybridized carbons (Fsp3) is 0.301. The van der Waals surface area contributed by atoms with E-state index in [9.17, 15) is 25.4 Å². The van der Waals surface area contributed by atoms with Crippen LogP contribution < -0.4 is 0 Å². The first-order valence-electron chi connectivity index (χ1n) is 39.2. The zero-order valence-electron chi connectivity index (χ0n) is 72.0. The summed E-state index contributed by atoms with van der Waals surface area (Å²) in [5, 5.41) is 40.7. The topological polar surface area (TPSA) is 179 Å². The second-order valence-corrected chi connectivity index (χ2v) is 34.7. The van der Waals surface area contributed by atoms with Crippen LogP contribution in [0.25, 0.3) is 112 Å². The van der Waals surface area contributed by atoms with Crippen LogP contribution in [0.5, 0.6) is 0 Å². The second-order valence-electron chi connectivity index (χ2n) is 34.7. The van der Waals surface area contributed by atoms with Gasteiger partial charge in [-0.1, -0.05) is 260 Å². The van der Waals surface area contributed by atoms with Crippen LogP contribution in [-0.4, -0.2) is 63.2 Å². The standard InChI is InChI=1S/C29H26N3.C28H27N2.C24H16N2.C11H24O2.C11H20O2.2Ir/c1-17-7-18(2)10-24(9-17)28-29(25-11-19(3)8-20(4)12-25)32-26(16-31-28)27-21(5)13-23(15-30)14-22(27)6;1-17-10-18(2)13-23(12-17)27-28(24-14-19(3)11-20(4)15-24)30-25(16-29-27)26-21(5)8-7-9-22(26)6;1-3-7-17(8-4-1)19-13-15-25-23-21(19)11-12-22-20(14-16-26-24(22)23)18-9-5-2-6-10-18;2*1-10(2,3)8(12)7-9(13)11(4,5)6;;/h7-9,11-14,16H,1-6H3;7-12,14-16H,1-6H3;1-16H;8-9,12-13H,7H2,1-6H3;7,12H,1-6H3;;/q2*-1;;;;;. The van der Waals surface area contributed by atoms with Crippen molar-refractivity contribution in [3.8, 4) is 95.9 Å². The molecular formula is C103H113Ir2N7O4-2. The molecule has 11 nitrogen and oxygen atoms in total. The number of benzene rings is 9. The summed E-state index contributed by atoms with van der Waals surface area (Å²) >= 11 is 0. The maximum absolute atomic E-state index is 11.5. The van der Waals surface area contributed by atoms with E-state index >= 15 is 0 Å². The quantitative estimate of drug-likeness (QED) is 0.0486. The number of aliphatic hydroxyl groups is 3. The van der Waals surface area contributed by atoms with E-state index < -0.39 is 17.6 Å². The van der Waals surface area contributed by atoms with Gasteiger partial charge in [-0.05, 0) is 146 Å². The molecule has 13 heteroatoms. The van der Waals surface area contributed by atoms with Crippen molar-refractivity contribution in [3.63, 3.8) is 0 Å². The molecule has 0 aliphatic heterocycles. The number of hydrogen-bond donors (Lipinski definition) is 3. The number of hydrogen-bond acceptors (Lipinski definition) is 11. The van der Waals surface area contributed by atoms with Gasteiger partial charge in [0.1, 0.15) is 5.76 Å². The number of aromatic nitrogens is 6. The van der Waals surface area contributed by atoms with Gasteiger partial charge < -0.3 is 25.3 Å². The molecule has 0 saturated carbocycles. The van der Waals surface area contributed by atoms with Crippen LogP contribution in [-0.2, 0) is 45.0 Å². The zero-order valence-corrected chi connectivity index (χ0v) is 76.8. The SMILES string of the molecule is CC(C)(C)C(=O)C=C(O)C(C)(C)C.CC(C)(C)C(O)CC(O)C(C)(C)C.Cc1[c-]c(-c2ncc(-c3c(C)cc(C#N)cc3C)nc2-c2cc(C)cc(C)c2)cc(C)c1.Cc1[c-]c(-c2ncc(-c3c(C)cccc3C)nc2-c2cc(C)cc(C)c2)cc(C)c1.[Ir].[Ir].c1ccc(-c2ccnc3c2ccc2c(-c4ccccc4)ccnc23)cc1. The number of allylic oxidation sites excluding steroid dienone is 2. The average Bonchev–Trinajstić information content (AvgIpc) is 0.763. The molecule has 0 bridgehead atoms. The van der Waals surface area contributed by atoms with Gasteiger partial charge >= 0.3 is 0 Å². The van der Waals surface area contributed by atoms with Crippen LogP contribution >= 0.6 is 0 Å². The Morgan fingerprint density at radius 3 is 1.12 bits per heavy atom. The van der Waals surface area contributed by atoms with E-state index in [0.717, 1.165) is 112 Å². The van der Waals surface area contributed by atoms with E-state index in [1.54, 1.807) is 0 Å². The fourth-order valence-corrected chi connectivity index (χ4v) is 13.8. The molecule has 0 aliphatic rings. The predicted octanol–water partition coefficient (Wildman–Crippen LogP) is 25.5. The van der Waals surface area contributed by atoms with Gasteiger partial charge in [-0.3, -0.25) is 24.7 Å². The van der Waals surface area contributed by atoms with E-state index in [2.05, 4.69) is 249 Å². The number of carbonyl (C=O) groups excluding carboxylic acids is 1. The number of aryl methyl sites for hydroxylation is 12. The third-order valence-electron chi connectivity index (χ3n) is 20.0. The van der Waals surface area contributed by atoms with Gasteiger partial charge in [0.05, 0.1) is 57.6 Å². The minimum atomic E-state index is -0.443. The molecule has 2 radical (unpaired) electrons. The van der Waals surface area contributed by atoms with E-state index in [0.29, 0.717) is 12.0 Å². The summed E-state index contributed by atoms with van der Waals surface area (Å²) in [5.41, 5.74) is 31.5. The Bertz CT molecular complexity index is 5460. The first kappa shape index (κ1) is 93.0. The van der Waals surface area contributed by atoms with Gasteiger partial charge in [-0.15, -0.1) is 69.8 Å². The number of nitriles is 1. The third kappa shape index (κ3) is 24.3. The molecule has 4 aromatic heterocycles. The Kier molecular flexibility index (Phi) is 31.8. The Hall–Kier alpha value is -10.1. The Balaban J connectivity index is 0.000000208. The molecule has 604 valence electrons. The van der Waals surface area contributed by atoms with Crippen LogP contribution in [0.2, 0.25) is 0 Å². The number of aliphatic hydroxyl groups excluding tert-OH is 3. The minimum absolute atomic E-state index is 0. The molecule has 0 amide bonds. The molecule has 116 heavy (non-hydrogen) atoms. The third-order valence-corrected chi connectivity index (χ3v) is 20.0.